The molecule has 2 atom stereocenters. The van der Waals surface area contributed by atoms with E-state index >= 15 is 0 Å². The van der Waals surface area contributed by atoms with Gasteiger partial charge in [-0.1, -0.05) is 17.7 Å². The van der Waals surface area contributed by atoms with Crippen LogP contribution < -0.4 is 15.4 Å². The van der Waals surface area contributed by atoms with Crippen LogP contribution in [0.15, 0.2) is 29.9 Å². The van der Waals surface area contributed by atoms with Crippen molar-refractivity contribution in [2.75, 3.05) is 30.9 Å². The summed E-state index contributed by atoms with van der Waals surface area (Å²) >= 11 is 0. The van der Waals surface area contributed by atoms with Crippen molar-refractivity contribution in [1.82, 2.24) is 14.8 Å². The van der Waals surface area contributed by atoms with Gasteiger partial charge in [0.15, 0.2) is 0 Å². The Kier molecular flexibility index (Phi) is 6.57. The number of pyridine rings is 1. The van der Waals surface area contributed by atoms with Crippen molar-refractivity contribution in [2.24, 2.45) is 7.05 Å². The number of nitrogens with zero attached hydrogens (tertiary/aromatic N) is 3. The smallest absolute Gasteiger partial charge is 0.140 e. The van der Waals surface area contributed by atoms with E-state index in [4.69, 9.17) is 14.9 Å². The molecule has 1 saturated heterocycles. The lowest BCUT2D eigenvalue weighted by Crippen LogP contribution is -2.40. The van der Waals surface area contributed by atoms with Crippen LogP contribution in [0.25, 0.3) is 5.57 Å². The molecule has 32 heavy (non-hydrogen) atoms. The third-order valence-corrected chi connectivity index (χ3v) is 5.68. The number of aliphatic hydroxyl groups excluding tert-OH is 1. The molecule has 0 aromatic carbocycles. The Balaban J connectivity index is 1.62. The molecule has 0 spiro atoms. The zero-order chi connectivity index (χ0) is 22.7. The molecule has 0 saturated carbocycles. The van der Waals surface area contributed by atoms with E-state index in [0.29, 0.717) is 36.0 Å². The van der Waals surface area contributed by atoms with E-state index in [9.17, 15) is 5.11 Å². The molecule has 0 bridgehead atoms. The van der Waals surface area contributed by atoms with Gasteiger partial charge in [-0.05, 0) is 25.3 Å². The summed E-state index contributed by atoms with van der Waals surface area (Å²) in [7, 11) is 3.63. The Morgan fingerprint density at radius 2 is 2.22 bits per heavy atom. The number of ether oxygens (including phenoxy) is 2. The molecular formula is C23H30N6O3. The van der Waals surface area contributed by atoms with Crippen molar-refractivity contribution in [2.45, 2.75) is 38.4 Å². The minimum Gasteiger partial charge on any atom is -0.487 e. The van der Waals surface area contributed by atoms with E-state index in [-0.39, 0.29) is 6.61 Å². The zero-order valence-electron chi connectivity index (χ0n) is 18.7. The minimum absolute atomic E-state index is 0.237. The molecule has 3 heterocycles. The number of anilines is 3. The van der Waals surface area contributed by atoms with E-state index in [1.54, 1.807) is 17.8 Å². The van der Waals surface area contributed by atoms with Gasteiger partial charge in [-0.3, -0.25) is 4.68 Å². The summed E-state index contributed by atoms with van der Waals surface area (Å²) in [5, 5.41) is 29.1. The molecule has 0 radical (unpaired) electrons. The third kappa shape index (κ3) is 4.68. The number of rotatable bonds is 7. The Labute approximate surface area is 187 Å². The molecule has 1 aliphatic heterocycles. The first-order valence-corrected chi connectivity index (χ1v) is 10.8. The van der Waals surface area contributed by atoms with Crippen molar-refractivity contribution in [1.29, 1.82) is 5.41 Å². The van der Waals surface area contributed by atoms with Crippen LogP contribution in [-0.2, 0) is 11.8 Å². The molecule has 2 unspecified atom stereocenters. The summed E-state index contributed by atoms with van der Waals surface area (Å²) in [6, 6.07) is 3.74. The molecule has 4 N–H and O–H groups in total. The van der Waals surface area contributed by atoms with E-state index in [1.807, 2.05) is 13.1 Å². The van der Waals surface area contributed by atoms with Gasteiger partial charge < -0.3 is 30.6 Å². The number of hydrogen-bond acceptors (Lipinski definition) is 8. The normalized spacial score (nSPS) is 20.9. The van der Waals surface area contributed by atoms with Crippen LogP contribution in [-0.4, -0.2) is 58.6 Å². The van der Waals surface area contributed by atoms with Gasteiger partial charge in [-0.15, -0.1) is 0 Å². The van der Waals surface area contributed by atoms with Gasteiger partial charge in [0.05, 0.1) is 24.5 Å². The van der Waals surface area contributed by atoms with Gasteiger partial charge in [-0.25, -0.2) is 4.98 Å². The number of aromatic nitrogens is 3. The summed E-state index contributed by atoms with van der Waals surface area (Å²) < 4.78 is 13.2. The number of hydrogen-bond donors (Lipinski definition) is 4. The van der Waals surface area contributed by atoms with Crippen molar-refractivity contribution < 1.29 is 14.6 Å². The summed E-state index contributed by atoms with van der Waals surface area (Å²) in [5.41, 5.74) is 3.90. The second-order valence-corrected chi connectivity index (χ2v) is 8.10. The molecule has 9 nitrogen and oxygen atoms in total. The van der Waals surface area contributed by atoms with E-state index in [1.165, 1.54) is 11.8 Å². The molecule has 2 aromatic heterocycles. The monoisotopic (exact) mass is 438 g/mol. The predicted molar refractivity (Wildman–Crippen MR) is 125 cm³/mol. The van der Waals surface area contributed by atoms with Crippen LogP contribution in [0, 0.1) is 5.41 Å². The van der Waals surface area contributed by atoms with Gasteiger partial charge in [0.2, 0.25) is 0 Å². The first-order valence-electron chi connectivity index (χ1n) is 10.8. The molecule has 2 aromatic rings. The standard InChI is InChI=1S/C23H30N6O3/c1-14-5-4-6-15(9-14)17-10-22(29(3)28-17)26-21-11-20(16(12-24)23(25-2)27-21)32-19-7-8-31-13-18(19)30/h6,9-12,18-19,24,30H,4-5,7-8,13H2,1-3H3,(H2,25,26,27). The maximum atomic E-state index is 10.2. The molecule has 170 valence electrons. The SMILES string of the molecule is CNc1nc(Nc2cc(C3=CCCC(C)=C3)nn2C)cc(OC2CCOCC2O)c1C=N. The highest BCUT2D eigenvalue weighted by Crippen LogP contribution is 2.32. The number of nitrogens with one attached hydrogen (secondary N) is 3. The number of aryl methyl sites for hydroxylation is 1. The molecule has 9 heteroatoms. The van der Waals surface area contributed by atoms with Crippen LogP contribution in [0.3, 0.4) is 0 Å². The fourth-order valence-electron chi connectivity index (χ4n) is 3.91. The van der Waals surface area contributed by atoms with E-state index in [0.717, 1.165) is 29.9 Å². The van der Waals surface area contributed by atoms with Crippen molar-refractivity contribution in [3.05, 3.63) is 41.1 Å². The van der Waals surface area contributed by atoms with Crippen LogP contribution in [0.1, 0.15) is 37.4 Å². The molecular weight excluding hydrogens is 408 g/mol. The van der Waals surface area contributed by atoms with Gasteiger partial charge >= 0.3 is 0 Å². The molecule has 1 fully saturated rings. The van der Waals surface area contributed by atoms with E-state index < -0.39 is 12.2 Å². The van der Waals surface area contributed by atoms with Gasteiger partial charge in [0, 0.05) is 38.9 Å². The maximum absolute atomic E-state index is 10.2. The van der Waals surface area contributed by atoms with Gasteiger partial charge in [-0.2, -0.15) is 5.10 Å². The van der Waals surface area contributed by atoms with Gasteiger partial charge in [0.1, 0.15) is 35.4 Å². The predicted octanol–water partition coefficient (Wildman–Crippen LogP) is 3.25. The number of allylic oxidation sites excluding steroid dienone is 4. The summed E-state index contributed by atoms with van der Waals surface area (Å²) in [4.78, 5) is 4.60. The summed E-state index contributed by atoms with van der Waals surface area (Å²) in [6.07, 6.45) is 7.15. The zero-order valence-corrected chi connectivity index (χ0v) is 18.7. The minimum atomic E-state index is -0.718. The molecule has 1 aliphatic carbocycles. The average molecular weight is 439 g/mol. The van der Waals surface area contributed by atoms with Crippen molar-refractivity contribution in [3.8, 4) is 5.75 Å². The van der Waals surface area contributed by atoms with Gasteiger partial charge in [0.25, 0.3) is 0 Å². The lowest BCUT2D eigenvalue weighted by Gasteiger charge is -2.29. The molecule has 0 amide bonds. The second kappa shape index (κ2) is 9.54. The lowest BCUT2D eigenvalue weighted by atomic mass is 9.99. The van der Waals surface area contributed by atoms with Crippen LogP contribution in [0.2, 0.25) is 0 Å². The summed E-state index contributed by atoms with van der Waals surface area (Å²) in [6.45, 7) is 2.90. The molecule has 2 aliphatic rings. The first-order chi connectivity index (χ1) is 15.5. The second-order valence-electron chi connectivity index (χ2n) is 8.10. The quantitative estimate of drug-likeness (QED) is 0.490. The highest BCUT2D eigenvalue weighted by molar-refractivity contribution is 5.89. The van der Waals surface area contributed by atoms with Crippen LogP contribution in [0.4, 0.5) is 17.5 Å². The van der Waals surface area contributed by atoms with E-state index in [2.05, 4.69) is 39.8 Å². The third-order valence-electron chi connectivity index (χ3n) is 5.68. The van der Waals surface area contributed by atoms with Crippen LogP contribution >= 0.6 is 0 Å². The Morgan fingerprint density at radius 3 is 2.94 bits per heavy atom. The fraction of sp³-hybridized carbons (Fsp3) is 0.435. The van der Waals surface area contributed by atoms with Crippen molar-refractivity contribution >= 4 is 29.2 Å². The first kappa shape index (κ1) is 22.0. The van der Waals surface area contributed by atoms with Crippen LogP contribution in [0.5, 0.6) is 5.75 Å². The largest absolute Gasteiger partial charge is 0.487 e. The fourth-order valence-corrected chi connectivity index (χ4v) is 3.91. The average Bonchev–Trinajstić information content (AvgIpc) is 3.15. The topological polar surface area (TPSA) is 117 Å². The Morgan fingerprint density at radius 1 is 1.38 bits per heavy atom. The highest BCUT2D eigenvalue weighted by atomic mass is 16.5. The Bertz CT molecular complexity index is 1060. The molecule has 4 rings (SSSR count). The highest BCUT2D eigenvalue weighted by Gasteiger charge is 2.27. The lowest BCUT2D eigenvalue weighted by molar-refractivity contribution is -0.0751. The Hall–Kier alpha value is -3.17. The van der Waals surface area contributed by atoms with Crippen molar-refractivity contribution in [3.63, 3.8) is 0 Å². The summed E-state index contributed by atoms with van der Waals surface area (Å²) in [5.74, 6) is 2.32. The maximum Gasteiger partial charge on any atom is 0.140 e. The number of aliphatic hydroxyl groups is 1.